The third-order valence-corrected chi connectivity index (χ3v) is 6.60. The highest BCUT2D eigenvalue weighted by Gasteiger charge is 2.29. The van der Waals surface area contributed by atoms with Crippen molar-refractivity contribution in [1.29, 1.82) is 0 Å². The minimum atomic E-state index is -3.88. The van der Waals surface area contributed by atoms with E-state index < -0.39 is 15.9 Å². The zero-order chi connectivity index (χ0) is 22.3. The first kappa shape index (κ1) is 22.7. The molecular formula is C21H26N4O5S. The lowest BCUT2D eigenvalue weighted by Crippen LogP contribution is -2.49. The van der Waals surface area contributed by atoms with Gasteiger partial charge in [0.2, 0.25) is 21.8 Å². The fourth-order valence-corrected chi connectivity index (χ4v) is 4.49. The molecule has 1 aromatic carbocycles. The number of rotatable bonds is 9. The van der Waals surface area contributed by atoms with Crippen molar-refractivity contribution in [2.75, 3.05) is 26.2 Å². The lowest BCUT2D eigenvalue weighted by molar-refractivity contribution is -0.122. The highest BCUT2D eigenvalue weighted by Crippen LogP contribution is 2.19. The van der Waals surface area contributed by atoms with Crippen LogP contribution in [0.4, 0.5) is 0 Å². The summed E-state index contributed by atoms with van der Waals surface area (Å²) in [4.78, 5) is 28.4. The number of piperazine rings is 1. The average Bonchev–Trinajstić information content (AvgIpc) is 2.78. The van der Waals surface area contributed by atoms with E-state index in [1.54, 1.807) is 18.3 Å². The Morgan fingerprint density at radius 2 is 2.13 bits per heavy atom. The molecular weight excluding hydrogens is 420 g/mol. The van der Waals surface area contributed by atoms with Gasteiger partial charge in [0.15, 0.2) is 0 Å². The molecule has 1 fully saturated rings. The van der Waals surface area contributed by atoms with Crippen molar-refractivity contribution in [3.63, 3.8) is 0 Å². The van der Waals surface area contributed by atoms with Gasteiger partial charge in [-0.2, -0.15) is 4.31 Å². The number of aromatic nitrogens is 1. The monoisotopic (exact) mass is 446 g/mol. The van der Waals surface area contributed by atoms with Gasteiger partial charge in [-0.3, -0.25) is 9.59 Å². The van der Waals surface area contributed by atoms with Gasteiger partial charge in [0.05, 0.1) is 18.0 Å². The topological polar surface area (TPSA) is 118 Å². The molecule has 1 aliphatic rings. The first-order valence-electron chi connectivity index (χ1n) is 10.1. The van der Waals surface area contributed by atoms with Crippen molar-refractivity contribution < 1.29 is 22.7 Å². The highest BCUT2D eigenvalue weighted by atomic mass is 32.2. The number of pyridine rings is 1. The van der Waals surface area contributed by atoms with Gasteiger partial charge in [-0.1, -0.05) is 25.5 Å². The van der Waals surface area contributed by atoms with Gasteiger partial charge < -0.3 is 15.4 Å². The molecule has 1 aromatic heterocycles. The zero-order valence-electron chi connectivity index (χ0n) is 17.3. The van der Waals surface area contributed by atoms with Crippen LogP contribution in [0.1, 0.15) is 35.7 Å². The van der Waals surface area contributed by atoms with Gasteiger partial charge in [0, 0.05) is 37.0 Å². The number of carbonyl (C=O) groups excluding carboxylic acids is 2. The number of carbonyl (C=O) groups is 2. The first-order chi connectivity index (χ1) is 14.9. The van der Waals surface area contributed by atoms with Crippen LogP contribution in [-0.2, 0) is 21.4 Å². The number of nitrogens with zero attached hydrogens (tertiary/aromatic N) is 2. The third-order valence-electron chi connectivity index (χ3n) is 4.76. The predicted molar refractivity (Wildman–Crippen MR) is 114 cm³/mol. The number of benzene rings is 1. The number of unbranched alkanes of at least 4 members (excludes halogenated alkanes) is 1. The van der Waals surface area contributed by atoms with Crippen molar-refractivity contribution in [2.24, 2.45) is 0 Å². The maximum absolute atomic E-state index is 12.8. The number of ether oxygens (including phenoxy) is 1. The fourth-order valence-electron chi connectivity index (χ4n) is 3.05. The van der Waals surface area contributed by atoms with Crippen molar-refractivity contribution in [1.82, 2.24) is 19.9 Å². The van der Waals surface area contributed by atoms with E-state index in [-0.39, 0.29) is 42.5 Å². The van der Waals surface area contributed by atoms with Gasteiger partial charge >= 0.3 is 0 Å². The SMILES string of the molecule is CCCCOc1ncccc1CNC(=O)c1cccc(S(=O)(=O)N2CCNC(=O)C2)c1. The molecule has 0 atom stereocenters. The van der Waals surface area contributed by atoms with Crippen LogP contribution in [0.25, 0.3) is 0 Å². The van der Waals surface area contributed by atoms with E-state index in [0.717, 1.165) is 22.7 Å². The van der Waals surface area contributed by atoms with Crippen LogP contribution in [0.2, 0.25) is 0 Å². The molecule has 1 aliphatic heterocycles. The fraction of sp³-hybridized carbons (Fsp3) is 0.381. The Morgan fingerprint density at radius 3 is 2.90 bits per heavy atom. The highest BCUT2D eigenvalue weighted by molar-refractivity contribution is 7.89. The van der Waals surface area contributed by atoms with E-state index in [2.05, 4.69) is 22.5 Å². The first-order valence-corrected chi connectivity index (χ1v) is 11.6. The van der Waals surface area contributed by atoms with Crippen molar-refractivity contribution in [3.05, 3.63) is 53.7 Å². The smallest absolute Gasteiger partial charge is 0.251 e. The van der Waals surface area contributed by atoms with Crippen molar-refractivity contribution in [2.45, 2.75) is 31.2 Å². The summed E-state index contributed by atoms with van der Waals surface area (Å²) in [7, 11) is -3.88. The molecule has 0 unspecified atom stereocenters. The van der Waals surface area contributed by atoms with Crippen LogP contribution in [0.3, 0.4) is 0 Å². The lowest BCUT2D eigenvalue weighted by atomic mass is 10.2. The number of amides is 2. The summed E-state index contributed by atoms with van der Waals surface area (Å²) < 4.78 is 32.5. The van der Waals surface area contributed by atoms with E-state index in [4.69, 9.17) is 4.74 Å². The minimum absolute atomic E-state index is 0.0279. The lowest BCUT2D eigenvalue weighted by Gasteiger charge is -2.26. The molecule has 2 heterocycles. The summed E-state index contributed by atoms with van der Waals surface area (Å²) in [6.07, 6.45) is 3.53. The molecule has 2 amide bonds. The van der Waals surface area contributed by atoms with Gasteiger partial charge in [-0.15, -0.1) is 0 Å². The molecule has 3 rings (SSSR count). The van der Waals surface area contributed by atoms with Crippen LogP contribution >= 0.6 is 0 Å². The summed E-state index contributed by atoms with van der Waals surface area (Å²) in [5.74, 6) is -0.301. The molecule has 9 nitrogen and oxygen atoms in total. The second-order valence-corrected chi connectivity index (χ2v) is 9.01. The Labute approximate surface area is 181 Å². The number of nitrogens with one attached hydrogen (secondary N) is 2. The zero-order valence-corrected chi connectivity index (χ0v) is 18.2. The molecule has 2 aromatic rings. The van der Waals surface area contributed by atoms with Crippen molar-refractivity contribution >= 4 is 21.8 Å². The summed E-state index contributed by atoms with van der Waals surface area (Å²) in [5, 5.41) is 5.37. The molecule has 0 radical (unpaired) electrons. The molecule has 1 saturated heterocycles. The van der Waals surface area contributed by atoms with Crippen LogP contribution in [0.15, 0.2) is 47.5 Å². The molecule has 0 saturated carbocycles. The molecule has 166 valence electrons. The Hall–Kier alpha value is -2.98. The molecule has 0 bridgehead atoms. The average molecular weight is 447 g/mol. The third kappa shape index (κ3) is 5.80. The van der Waals surface area contributed by atoms with Gasteiger partial charge in [0.25, 0.3) is 5.91 Å². The Bertz CT molecular complexity index is 1040. The summed E-state index contributed by atoms with van der Waals surface area (Å²) >= 11 is 0. The summed E-state index contributed by atoms with van der Waals surface area (Å²) in [5.41, 5.74) is 0.940. The Kier molecular flexibility index (Phi) is 7.59. The maximum Gasteiger partial charge on any atom is 0.251 e. The number of hydrogen-bond acceptors (Lipinski definition) is 6. The van der Waals surface area contributed by atoms with Crippen molar-refractivity contribution in [3.8, 4) is 5.88 Å². The van der Waals surface area contributed by atoms with E-state index in [0.29, 0.717) is 12.5 Å². The quantitative estimate of drug-likeness (QED) is 0.561. The van der Waals surface area contributed by atoms with Gasteiger partial charge in [0.1, 0.15) is 0 Å². The van der Waals surface area contributed by atoms with Gasteiger partial charge in [-0.05, 0) is 30.7 Å². The summed E-state index contributed by atoms with van der Waals surface area (Å²) in [6.45, 7) is 3.01. The predicted octanol–water partition coefficient (Wildman–Crippen LogP) is 1.31. The van der Waals surface area contributed by atoms with E-state index >= 15 is 0 Å². The Morgan fingerprint density at radius 1 is 1.29 bits per heavy atom. The molecule has 0 spiro atoms. The number of hydrogen-bond donors (Lipinski definition) is 2. The normalized spacial score (nSPS) is 14.7. The maximum atomic E-state index is 12.8. The molecule has 31 heavy (non-hydrogen) atoms. The van der Waals surface area contributed by atoms with Crippen LogP contribution in [0, 0.1) is 0 Å². The standard InChI is InChI=1S/C21H26N4O5S/c1-2-3-12-30-21-17(7-5-9-23-21)14-24-20(27)16-6-4-8-18(13-16)31(28,29)25-11-10-22-19(26)15-25/h4-9,13H,2-3,10-12,14-15H2,1H3,(H,22,26)(H,24,27). The van der Waals surface area contributed by atoms with E-state index in [1.807, 2.05) is 6.07 Å². The largest absolute Gasteiger partial charge is 0.477 e. The second-order valence-electron chi connectivity index (χ2n) is 7.07. The summed E-state index contributed by atoms with van der Waals surface area (Å²) in [6, 6.07) is 9.36. The van der Waals surface area contributed by atoms with Crippen LogP contribution in [-0.4, -0.2) is 55.8 Å². The van der Waals surface area contributed by atoms with Crippen LogP contribution in [0.5, 0.6) is 5.88 Å². The van der Waals surface area contributed by atoms with Gasteiger partial charge in [-0.25, -0.2) is 13.4 Å². The number of sulfonamides is 1. The molecule has 0 aliphatic carbocycles. The minimum Gasteiger partial charge on any atom is -0.477 e. The van der Waals surface area contributed by atoms with E-state index in [9.17, 15) is 18.0 Å². The Balaban J connectivity index is 1.69. The second kappa shape index (κ2) is 10.4. The van der Waals surface area contributed by atoms with Crippen LogP contribution < -0.4 is 15.4 Å². The van der Waals surface area contributed by atoms with E-state index in [1.165, 1.54) is 18.2 Å². The molecule has 10 heteroatoms. The molecule has 2 N–H and O–H groups in total.